The largest absolute Gasteiger partial charge is 0.482 e. The first-order chi connectivity index (χ1) is 14.2. The molecule has 1 aliphatic heterocycles. The zero-order valence-electron chi connectivity index (χ0n) is 16.8. The number of rotatable bonds is 8. The van der Waals surface area contributed by atoms with Crippen molar-refractivity contribution < 1.29 is 23.1 Å². The van der Waals surface area contributed by atoms with E-state index in [-0.39, 0.29) is 5.75 Å². The first kappa shape index (κ1) is 22.6. The number of carboxylic acid groups (broad SMARTS) is 1. The molecule has 2 aromatic carbocycles. The highest BCUT2D eigenvalue weighted by molar-refractivity contribution is 7.88. The third-order valence-corrected chi connectivity index (χ3v) is 7.05. The van der Waals surface area contributed by atoms with Crippen LogP contribution in [0.1, 0.15) is 16.7 Å². The number of hydrogen-bond acceptors (Lipinski definition) is 5. The first-order valence-corrected chi connectivity index (χ1v) is 11.6. The van der Waals surface area contributed by atoms with Gasteiger partial charge in [0.2, 0.25) is 10.0 Å². The van der Waals surface area contributed by atoms with Gasteiger partial charge < -0.3 is 9.84 Å². The fourth-order valence-electron chi connectivity index (χ4n) is 3.34. The second-order valence-corrected chi connectivity index (χ2v) is 9.76. The predicted molar refractivity (Wildman–Crippen MR) is 115 cm³/mol. The Labute approximate surface area is 181 Å². The van der Waals surface area contributed by atoms with E-state index >= 15 is 0 Å². The quantitative estimate of drug-likeness (QED) is 0.662. The van der Waals surface area contributed by atoms with Gasteiger partial charge in [-0.25, -0.2) is 13.2 Å². The highest BCUT2D eigenvalue weighted by Crippen LogP contribution is 2.25. The summed E-state index contributed by atoms with van der Waals surface area (Å²) in [6.45, 7) is 3.98. The maximum absolute atomic E-state index is 12.8. The molecule has 0 radical (unpaired) electrons. The molecule has 30 heavy (non-hydrogen) atoms. The molecule has 0 aliphatic carbocycles. The van der Waals surface area contributed by atoms with Crippen LogP contribution in [0.3, 0.4) is 0 Å². The summed E-state index contributed by atoms with van der Waals surface area (Å²) < 4.78 is 32.4. The summed E-state index contributed by atoms with van der Waals surface area (Å²) in [5.41, 5.74) is 2.65. The Kier molecular flexibility index (Phi) is 7.36. The number of carboxylic acids is 1. The van der Waals surface area contributed by atoms with Crippen LogP contribution in [0, 0.1) is 6.92 Å². The number of ether oxygens (including phenoxy) is 1. The maximum atomic E-state index is 12.8. The lowest BCUT2D eigenvalue weighted by Crippen LogP contribution is -2.48. The number of aliphatic carboxylic acids is 1. The predicted octanol–water partition coefficient (Wildman–Crippen LogP) is 2.76. The van der Waals surface area contributed by atoms with E-state index < -0.39 is 22.6 Å². The minimum absolute atomic E-state index is 0.00521. The van der Waals surface area contributed by atoms with Gasteiger partial charge in [-0.2, -0.15) is 4.31 Å². The SMILES string of the molecule is Cc1ccc(CS(=O)(=O)N2CCN(Cc3cc(Cl)ccc3OCC(=O)O)CC2)cc1. The number of sulfonamides is 1. The summed E-state index contributed by atoms with van der Waals surface area (Å²) in [7, 11) is -3.38. The van der Waals surface area contributed by atoms with E-state index in [1.807, 2.05) is 31.2 Å². The van der Waals surface area contributed by atoms with E-state index in [4.69, 9.17) is 21.4 Å². The Balaban J connectivity index is 1.60. The summed E-state index contributed by atoms with van der Waals surface area (Å²) in [6.07, 6.45) is 0. The Morgan fingerprint density at radius 3 is 2.40 bits per heavy atom. The zero-order chi connectivity index (χ0) is 21.7. The third kappa shape index (κ3) is 6.18. The highest BCUT2D eigenvalue weighted by Gasteiger charge is 2.27. The summed E-state index contributed by atoms with van der Waals surface area (Å²) in [5.74, 6) is -0.589. The summed E-state index contributed by atoms with van der Waals surface area (Å²) in [4.78, 5) is 12.9. The van der Waals surface area contributed by atoms with Crippen molar-refractivity contribution in [3.8, 4) is 5.75 Å². The van der Waals surface area contributed by atoms with E-state index in [0.29, 0.717) is 43.5 Å². The van der Waals surface area contributed by atoms with Crippen LogP contribution in [-0.2, 0) is 27.1 Å². The fraction of sp³-hybridized carbons (Fsp3) is 0.381. The molecule has 0 amide bonds. The fourth-order valence-corrected chi connectivity index (χ4v) is 5.06. The average Bonchev–Trinajstić information content (AvgIpc) is 2.69. The molecule has 0 aromatic heterocycles. The van der Waals surface area contributed by atoms with Crippen LogP contribution < -0.4 is 4.74 Å². The van der Waals surface area contributed by atoms with Crippen molar-refractivity contribution in [2.75, 3.05) is 32.8 Å². The van der Waals surface area contributed by atoms with Crippen LogP contribution in [0.5, 0.6) is 5.75 Å². The van der Waals surface area contributed by atoms with Gasteiger partial charge in [-0.1, -0.05) is 41.4 Å². The molecule has 0 saturated carbocycles. The minimum Gasteiger partial charge on any atom is -0.482 e. The van der Waals surface area contributed by atoms with Crippen molar-refractivity contribution in [2.45, 2.75) is 19.2 Å². The second kappa shape index (κ2) is 9.78. The van der Waals surface area contributed by atoms with E-state index in [9.17, 15) is 13.2 Å². The molecule has 0 atom stereocenters. The Bertz CT molecular complexity index is 987. The number of carbonyl (C=O) groups is 1. The van der Waals surface area contributed by atoms with Crippen LogP contribution in [0.25, 0.3) is 0 Å². The van der Waals surface area contributed by atoms with Crippen LogP contribution in [-0.4, -0.2) is 61.5 Å². The van der Waals surface area contributed by atoms with Gasteiger partial charge in [-0.05, 0) is 30.7 Å². The molecule has 3 rings (SSSR count). The number of benzene rings is 2. The lowest BCUT2D eigenvalue weighted by Gasteiger charge is -2.34. The molecular weight excluding hydrogens is 428 g/mol. The monoisotopic (exact) mass is 452 g/mol. The molecule has 0 unspecified atom stereocenters. The number of aryl methyl sites for hydroxylation is 1. The van der Waals surface area contributed by atoms with E-state index in [1.54, 1.807) is 18.2 Å². The topological polar surface area (TPSA) is 87.2 Å². The minimum atomic E-state index is -3.38. The van der Waals surface area contributed by atoms with Crippen molar-refractivity contribution in [1.82, 2.24) is 9.21 Å². The average molecular weight is 453 g/mol. The van der Waals surface area contributed by atoms with Gasteiger partial charge >= 0.3 is 5.97 Å². The summed E-state index contributed by atoms with van der Waals surface area (Å²) in [6, 6.07) is 12.6. The Morgan fingerprint density at radius 2 is 1.77 bits per heavy atom. The summed E-state index contributed by atoms with van der Waals surface area (Å²) in [5, 5.41) is 9.38. The molecule has 1 N–H and O–H groups in total. The van der Waals surface area contributed by atoms with Gasteiger partial charge in [0.05, 0.1) is 5.75 Å². The smallest absolute Gasteiger partial charge is 0.341 e. The zero-order valence-corrected chi connectivity index (χ0v) is 18.3. The molecule has 1 fully saturated rings. The molecule has 162 valence electrons. The van der Waals surface area contributed by atoms with Gasteiger partial charge in [-0.15, -0.1) is 0 Å². The van der Waals surface area contributed by atoms with Crippen molar-refractivity contribution in [3.05, 3.63) is 64.2 Å². The molecule has 0 spiro atoms. The normalized spacial score (nSPS) is 15.8. The molecule has 9 heteroatoms. The van der Waals surface area contributed by atoms with Crippen LogP contribution in [0.2, 0.25) is 5.02 Å². The van der Waals surface area contributed by atoms with Crippen molar-refractivity contribution in [1.29, 1.82) is 0 Å². The second-order valence-electron chi connectivity index (χ2n) is 7.35. The maximum Gasteiger partial charge on any atom is 0.341 e. The van der Waals surface area contributed by atoms with Crippen molar-refractivity contribution in [2.24, 2.45) is 0 Å². The molecule has 1 saturated heterocycles. The van der Waals surface area contributed by atoms with Gasteiger partial charge in [0.25, 0.3) is 0 Å². The molecule has 2 aromatic rings. The third-order valence-electron chi connectivity index (χ3n) is 4.96. The van der Waals surface area contributed by atoms with Crippen molar-refractivity contribution >= 4 is 27.6 Å². The molecule has 1 aliphatic rings. The Hall–Kier alpha value is -2.13. The number of hydrogen-bond donors (Lipinski definition) is 1. The number of halogens is 1. The Morgan fingerprint density at radius 1 is 1.10 bits per heavy atom. The van der Waals surface area contributed by atoms with E-state index in [0.717, 1.165) is 16.7 Å². The van der Waals surface area contributed by atoms with E-state index in [2.05, 4.69) is 4.90 Å². The van der Waals surface area contributed by atoms with E-state index in [1.165, 1.54) is 4.31 Å². The molecule has 0 bridgehead atoms. The van der Waals surface area contributed by atoms with Gasteiger partial charge in [-0.3, -0.25) is 4.90 Å². The molecular formula is C21H25ClN2O5S. The van der Waals surface area contributed by atoms with Gasteiger partial charge in [0.15, 0.2) is 6.61 Å². The number of nitrogens with zero attached hydrogens (tertiary/aromatic N) is 2. The van der Waals surface area contributed by atoms with Gasteiger partial charge in [0.1, 0.15) is 5.75 Å². The number of piperazine rings is 1. The highest BCUT2D eigenvalue weighted by atomic mass is 35.5. The van der Waals surface area contributed by atoms with Crippen molar-refractivity contribution in [3.63, 3.8) is 0 Å². The summed E-state index contributed by atoms with van der Waals surface area (Å²) >= 11 is 6.09. The van der Waals surface area contributed by atoms with Gasteiger partial charge in [0, 0.05) is 43.3 Å². The lowest BCUT2D eigenvalue weighted by molar-refractivity contribution is -0.139. The standard InChI is InChI=1S/C21H25ClN2O5S/c1-16-2-4-17(5-3-16)15-30(27,28)24-10-8-23(9-11-24)13-18-12-19(22)6-7-20(18)29-14-21(25)26/h2-7,12H,8-11,13-15H2,1H3,(H,25,26). The first-order valence-electron chi connectivity index (χ1n) is 9.62. The van der Waals surface area contributed by atoms with Crippen LogP contribution >= 0.6 is 11.6 Å². The lowest BCUT2D eigenvalue weighted by atomic mass is 10.1. The molecule has 7 nitrogen and oxygen atoms in total. The van der Waals surface area contributed by atoms with Crippen LogP contribution in [0.4, 0.5) is 0 Å². The molecule has 1 heterocycles. The van der Waals surface area contributed by atoms with Crippen LogP contribution in [0.15, 0.2) is 42.5 Å².